The summed E-state index contributed by atoms with van der Waals surface area (Å²) in [6, 6.07) is 7.08. The first kappa shape index (κ1) is 17.7. The van der Waals surface area contributed by atoms with Crippen LogP contribution in [0.1, 0.15) is 44.4 Å². The Hall–Kier alpha value is -1.60. The summed E-state index contributed by atoms with van der Waals surface area (Å²) in [5.41, 5.74) is 1.20. The number of benzene rings is 1. The zero-order valence-corrected chi connectivity index (χ0v) is 14.7. The second kappa shape index (κ2) is 6.88. The van der Waals surface area contributed by atoms with Gasteiger partial charge in [0.1, 0.15) is 11.7 Å². The van der Waals surface area contributed by atoms with Gasteiger partial charge in [-0.25, -0.2) is 13.2 Å². The lowest BCUT2D eigenvalue weighted by Gasteiger charge is -2.44. The predicted octanol–water partition coefficient (Wildman–Crippen LogP) is 2.59. The Labute approximate surface area is 138 Å². The van der Waals surface area contributed by atoms with Crippen molar-refractivity contribution in [3.05, 3.63) is 35.4 Å². The van der Waals surface area contributed by atoms with Gasteiger partial charge < -0.3 is 9.64 Å². The molecule has 2 rings (SSSR count). The summed E-state index contributed by atoms with van der Waals surface area (Å²) in [5, 5.41) is 0. The van der Waals surface area contributed by atoms with Crippen LogP contribution in [0.5, 0.6) is 0 Å². The molecule has 2 atom stereocenters. The maximum Gasteiger partial charge on any atom is 0.410 e. The number of hydrogen-bond acceptors (Lipinski definition) is 5. The Morgan fingerprint density at radius 2 is 1.87 bits per heavy atom. The zero-order chi connectivity index (χ0) is 17.2. The molecular weight excluding hydrogens is 318 g/mol. The van der Waals surface area contributed by atoms with Crippen molar-refractivity contribution >= 4 is 17.1 Å². The van der Waals surface area contributed by atoms with E-state index in [0.29, 0.717) is 13.0 Å². The number of likely N-dealkylation sites (tertiary alicyclic amines) is 1. The minimum absolute atomic E-state index is 0.347. The van der Waals surface area contributed by atoms with E-state index >= 15 is 0 Å². The molecule has 1 fully saturated rings. The number of nitrogens with zero attached hydrogens (tertiary/aromatic N) is 1. The number of carbonyl (C=O) groups is 1. The molecule has 1 heterocycles. The molecule has 128 valence electrons. The Bertz CT molecular complexity index is 625. The van der Waals surface area contributed by atoms with Gasteiger partial charge >= 0.3 is 6.09 Å². The van der Waals surface area contributed by atoms with Crippen LogP contribution in [0.15, 0.2) is 24.3 Å². The largest absolute Gasteiger partial charge is 0.444 e. The number of amides is 1. The predicted molar refractivity (Wildman–Crippen MR) is 86.7 cm³/mol. The third-order valence-corrected chi connectivity index (χ3v) is 4.05. The fourth-order valence-electron chi connectivity index (χ4n) is 2.47. The number of ether oxygens (including phenoxy) is 1. The highest BCUT2D eigenvalue weighted by Crippen LogP contribution is 2.34. The van der Waals surface area contributed by atoms with Crippen molar-refractivity contribution in [3.8, 4) is 0 Å². The third-order valence-electron chi connectivity index (χ3n) is 3.65. The number of aryl methyl sites for hydroxylation is 1. The Morgan fingerprint density at radius 3 is 2.30 bits per heavy atom. The highest BCUT2D eigenvalue weighted by atomic mass is 32.2. The highest BCUT2D eigenvalue weighted by molar-refractivity contribution is 7.67. The topological polar surface area (TPSA) is 72.9 Å². The number of thiol groups is 1. The summed E-state index contributed by atoms with van der Waals surface area (Å²) in [5.74, 6) is 0. The maximum atomic E-state index is 12.2. The van der Waals surface area contributed by atoms with E-state index in [1.807, 2.05) is 31.2 Å². The molecule has 1 aliphatic heterocycles. The molecule has 2 unspecified atom stereocenters. The van der Waals surface area contributed by atoms with Crippen LogP contribution in [0.25, 0.3) is 0 Å². The minimum Gasteiger partial charge on any atom is -0.444 e. The van der Waals surface area contributed by atoms with Crippen LogP contribution < -0.4 is 0 Å². The lowest BCUT2D eigenvalue weighted by atomic mass is 9.92. The number of carbonyl (C=O) groups excluding carboxylic acids is 1. The van der Waals surface area contributed by atoms with Gasteiger partial charge in [0.25, 0.3) is 11.0 Å². The molecule has 6 nitrogen and oxygen atoms in total. The molecule has 7 heteroatoms. The summed E-state index contributed by atoms with van der Waals surface area (Å²) in [4.78, 5) is 13.7. The first-order valence-corrected chi connectivity index (χ1v) is 8.64. The van der Waals surface area contributed by atoms with Crippen LogP contribution >= 0.6 is 0 Å². The molecule has 0 radical (unpaired) electrons. The molecule has 1 aromatic rings. The van der Waals surface area contributed by atoms with Crippen LogP contribution in [-0.4, -0.2) is 37.6 Å². The minimum atomic E-state index is -3.02. The van der Waals surface area contributed by atoms with Gasteiger partial charge in [-0.15, -0.1) is 0 Å². The molecule has 1 aromatic carbocycles. The molecule has 1 aliphatic rings. The Morgan fingerprint density at radius 1 is 1.26 bits per heavy atom. The number of hydrogen-bond donors (Lipinski definition) is 1. The van der Waals surface area contributed by atoms with E-state index in [2.05, 4.69) is 0 Å². The van der Waals surface area contributed by atoms with E-state index in [4.69, 9.17) is 8.92 Å². The summed E-state index contributed by atoms with van der Waals surface area (Å²) < 4.78 is 32.6. The molecule has 0 bridgehead atoms. The zero-order valence-electron chi connectivity index (χ0n) is 13.8. The van der Waals surface area contributed by atoms with Crippen LogP contribution in [0.2, 0.25) is 0 Å². The van der Waals surface area contributed by atoms with Crippen LogP contribution in [0, 0.1) is 6.92 Å². The van der Waals surface area contributed by atoms with E-state index in [9.17, 15) is 13.2 Å². The second-order valence-corrected chi connectivity index (χ2v) is 7.35. The monoisotopic (exact) mass is 341 g/mol. The lowest BCUT2D eigenvalue weighted by molar-refractivity contribution is -0.0325. The van der Waals surface area contributed by atoms with Crippen molar-refractivity contribution in [1.82, 2.24) is 4.90 Å². The van der Waals surface area contributed by atoms with Gasteiger partial charge in [0, 0.05) is 6.54 Å². The molecule has 1 amide bonds. The smallest absolute Gasteiger partial charge is 0.410 e. The molecular formula is C16H23NO5S. The molecule has 0 aliphatic carbocycles. The maximum absolute atomic E-state index is 12.2. The Kier molecular flexibility index (Phi) is 5.31. The van der Waals surface area contributed by atoms with Gasteiger partial charge in [-0.2, -0.15) is 0 Å². The van der Waals surface area contributed by atoms with E-state index in [-0.39, 0.29) is 6.04 Å². The van der Waals surface area contributed by atoms with Gasteiger partial charge in [-0.3, -0.25) is 4.18 Å². The average molecular weight is 341 g/mol. The Balaban J connectivity index is 2.19. The van der Waals surface area contributed by atoms with Crippen molar-refractivity contribution in [2.45, 2.75) is 51.9 Å². The molecule has 1 saturated heterocycles. The van der Waals surface area contributed by atoms with E-state index in [1.165, 1.54) is 4.90 Å². The van der Waals surface area contributed by atoms with E-state index < -0.39 is 28.8 Å². The van der Waals surface area contributed by atoms with Crippen molar-refractivity contribution in [3.63, 3.8) is 0 Å². The van der Waals surface area contributed by atoms with Crippen molar-refractivity contribution < 1.29 is 22.1 Å². The lowest BCUT2D eigenvalue weighted by Crippen LogP contribution is -2.55. The van der Waals surface area contributed by atoms with Gasteiger partial charge in [0.05, 0.1) is 6.04 Å². The van der Waals surface area contributed by atoms with Crippen molar-refractivity contribution in [1.29, 1.82) is 0 Å². The first-order valence-electron chi connectivity index (χ1n) is 7.55. The van der Waals surface area contributed by atoms with Crippen molar-refractivity contribution in [2.75, 3.05) is 6.54 Å². The molecule has 0 aromatic heterocycles. The fourth-order valence-corrected chi connectivity index (χ4v) is 2.92. The molecule has 0 spiro atoms. The normalized spacial score (nSPS) is 19.3. The highest BCUT2D eigenvalue weighted by Gasteiger charge is 2.42. The third kappa shape index (κ3) is 4.68. The van der Waals surface area contributed by atoms with Gasteiger partial charge in [0.2, 0.25) is 0 Å². The van der Waals surface area contributed by atoms with E-state index in [0.717, 1.165) is 11.1 Å². The summed E-state index contributed by atoms with van der Waals surface area (Å²) in [6.07, 6.45) is -0.491. The molecule has 0 N–H and O–H groups in total. The standard InChI is InChI=1S/C16H23NO5S/c1-11-5-7-12(8-6-11)14(22-23(19)20)13-9-10-17(13)15(18)21-16(2,3)4/h5-8,13-14,23H,9-10H2,1-4H3. The summed E-state index contributed by atoms with van der Waals surface area (Å²) in [6.45, 7) is 7.86. The van der Waals surface area contributed by atoms with Crippen LogP contribution in [0.3, 0.4) is 0 Å². The molecule has 0 saturated carbocycles. The molecule has 23 heavy (non-hydrogen) atoms. The summed E-state index contributed by atoms with van der Waals surface area (Å²) in [7, 11) is -3.02. The van der Waals surface area contributed by atoms with Gasteiger partial charge in [-0.05, 0) is 39.7 Å². The first-order chi connectivity index (χ1) is 10.7. The fraction of sp³-hybridized carbons (Fsp3) is 0.562. The second-order valence-electron chi connectivity index (χ2n) is 6.69. The van der Waals surface area contributed by atoms with Crippen LogP contribution in [0.4, 0.5) is 4.79 Å². The quantitative estimate of drug-likeness (QED) is 0.852. The van der Waals surface area contributed by atoms with Gasteiger partial charge in [-0.1, -0.05) is 29.8 Å². The van der Waals surface area contributed by atoms with Crippen molar-refractivity contribution in [2.24, 2.45) is 0 Å². The van der Waals surface area contributed by atoms with E-state index in [1.54, 1.807) is 20.8 Å². The summed E-state index contributed by atoms with van der Waals surface area (Å²) >= 11 is 0. The number of rotatable bonds is 4. The SMILES string of the molecule is Cc1ccc(C(O[SH](=O)=O)C2CCN2C(=O)OC(C)(C)C)cc1. The van der Waals surface area contributed by atoms with Gasteiger partial charge in [0.15, 0.2) is 0 Å². The van der Waals surface area contributed by atoms with Crippen LogP contribution in [-0.2, 0) is 19.9 Å². The average Bonchev–Trinajstić information content (AvgIpc) is 2.34.